The van der Waals surface area contributed by atoms with Crippen LogP contribution in [0.5, 0.6) is 11.5 Å². The van der Waals surface area contributed by atoms with Gasteiger partial charge in [0.15, 0.2) is 0 Å². The molecule has 0 heterocycles. The van der Waals surface area contributed by atoms with Crippen LogP contribution in [0.25, 0.3) is 0 Å². The van der Waals surface area contributed by atoms with Gasteiger partial charge in [-0.1, -0.05) is 29.8 Å². The van der Waals surface area contributed by atoms with Crippen molar-refractivity contribution in [2.45, 2.75) is 31.3 Å². The van der Waals surface area contributed by atoms with E-state index in [1.165, 1.54) is 44.4 Å². The van der Waals surface area contributed by atoms with Crippen LogP contribution in [0, 0.1) is 6.92 Å². The number of halogens is 1. The quantitative estimate of drug-likeness (QED) is 0.347. The van der Waals surface area contributed by atoms with Crippen LogP contribution < -0.4 is 19.1 Å². The molecule has 39 heavy (non-hydrogen) atoms. The summed E-state index contributed by atoms with van der Waals surface area (Å²) in [5.74, 6) is 0.137. The molecule has 0 unspecified atom stereocenters. The van der Waals surface area contributed by atoms with E-state index >= 15 is 0 Å². The fourth-order valence-corrected chi connectivity index (χ4v) is 6.07. The zero-order valence-corrected chi connectivity index (χ0v) is 24.9. The molecule has 9 nitrogen and oxygen atoms in total. The van der Waals surface area contributed by atoms with Crippen molar-refractivity contribution in [3.05, 3.63) is 82.3 Å². The number of methoxy groups -OCH3 is 2. The maximum Gasteiger partial charge on any atom is 0.264 e. The van der Waals surface area contributed by atoms with E-state index in [4.69, 9.17) is 9.47 Å². The largest absolute Gasteiger partial charge is 0.497 e. The average molecular weight is 619 g/mol. The van der Waals surface area contributed by atoms with Gasteiger partial charge < -0.3 is 19.7 Å². The Kier molecular flexibility index (Phi) is 9.98. The van der Waals surface area contributed by atoms with Gasteiger partial charge >= 0.3 is 0 Å². The highest BCUT2D eigenvalue weighted by atomic mass is 79.9. The number of sulfonamides is 1. The van der Waals surface area contributed by atoms with Crippen molar-refractivity contribution in [2.24, 2.45) is 0 Å². The number of carbonyl (C=O) groups excluding carboxylic acids is 2. The van der Waals surface area contributed by atoms with Crippen molar-refractivity contribution in [1.82, 2.24) is 10.2 Å². The summed E-state index contributed by atoms with van der Waals surface area (Å²) >= 11 is 3.34. The summed E-state index contributed by atoms with van der Waals surface area (Å²) in [5.41, 5.74) is 1.97. The third kappa shape index (κ3) is 7.10. The number of hydrogen-bond donors (Lipinski definition) is 1. The molecule has 0 spiro atoms. The van der Waals surface area contributed by atoms with E-state index in [2.05, 4.69) is 21.2 Å². The summed E-state index contributed by atoms with van der Waals surface area (Å²) in [7, 11) is 0.306. The molecule has 3 aromatic rings. The first-order valence-corrected chi connectivity index (χ1v) is 14.3. The highest BCUT2D eigenvalue weighted by molar-refractivity contribution is 9.10. The first-order chi connectivity index (χ1) is 18.5. The predicted molar refractivity (Wildman–Crippen MR) is 153 cm³/mol. The van der Waals surface area contributed by atoms with E-state index in [0.29, 0.717) is 21.7 Å². The van der Waals surface area contributed by atoms with Crippen LogP contribution in [-0.2, 0) is 26.2 Å². The maximum atomic E-state index is 13.9. The number of anilines is 1. The molecule has 2 amide bonds. The maximum absolute atomic E-state index is 13.9. The molecular weight excluding hydrogens is 586 g/mol. The van der Waals surface area contributed by atoms with Gasteiger partial charge in [-0.25, -0.2) is 8.42 Å². The first kappa shape index (κ1) is 30.0. The summed E-state index contributed by atoms with van der Waals surface area (Å²) in [4.78, 5) is 27.8. The Morgan fingerprint density at radius 2 is 1.69 bits per heavy atom. The van der Waals surface area contributed by atoms with Crippen LogP contribution in [0.4, 0.5) is 5.69 Å². The fourth-order valence-electron chi connectivity index (χ4n) is 3.93. The molecule has 208 valence electrons. The van der Waals surface area contributed by atoms with E-state index in [-0.39, 0.29) is 17.3 Å². The van der Waals surface area contributed by atoms with E-state index in [1.54, 1.807) is 49.4 Å². The summed E-state index contributed by atoms with van der Waals surface area (Å²) < 4.78 is 39.9. The van der Waals surface area contributed by atoms with Gasteiger partial charge in [0.05, 0.1) is 29.3 Å². The van der Waals surface area contributed by atoms with Crippen molar-refractivity contribution in [2.75, 3.05) is 32.1 Å². The van der Waals surface area contributed by atoms with Gasteiger partial charge in [0.1, 0.15) is 24.1 Å². The van der Waals surface area contributed by atoms with Crippen molar-refractivity contribution >= 4 is 43.5 Å². The van der Waals surface area contributed by atoms with Crippen molar-refractivity contribution in [3.63, 3.8) is 0 Å². The normalized spacial score (nSPS) is 11.8. The summed E-state index contributed by atoms with van der Waals surface area (Å²) in [6, 6.07) is 17.5. The number of rotatable bonds is 11. The molecule has 1 atom stereocenters. The molecule has 0 aliphatic heterocycles. The molecule has 0 aromatic heterocycles. The second kappa shape index (κ2) is 13.0. The zero-order valence-electron chi connectivity index (χ0n) is 22.5. The Balaban J connectivity index is 2.05. The number of likely N-dealkylation sites (N-methyl/N-ethyl adjacent to an activating group) is 1. The van der Waals surface area contributed by atoms with E-state index in [0.717, 1.165) is 15.4 Å². The Morgan fingerprint density at radius 3 is 2.28 bits per heavy atom. The standard InChI is InChI=1S/C28H32BrN3O6S/c1-19-9-11-22(12-10-19)32(39(35,36)24-13-14-26(38-5)25(29)16-24)18-27(33)31(20(2)28(34)30-3)17-21-7-6-8-23(15-21)37-4/h6-16,20H,17-18H2,1-5H3,(H,30,34)/t20-/m1/s1. The zero-order chi connectivity index (χ0) is 28.7. The predicted octanol–water partition coefficient (Wildman–Crippen LogP) is 4.13. The molecule has 0 saturated heterocycles. The van der Waals surface area contributed by atoms with Crippen molar-refractivity contribution in [1.29, 1.82) is 0 Å². The Labute approximate surface area is 237 Å². The SMILES string of the molecule is CNC(=O)[C@@H](C)N(Cc1cccc(OC)c1)C(=O)CN(c1ccc(C)cc1)S(=O)(=O)c1ccc(OC)c(Br)c1. The van der Waals surface area contributed by atoms with Gasteiger partial charge in [0.25, 0.3) is 10.0 Å². The number of hydrogen-bond acceptors (Lipinski definition) is 6. The molecule has 3 aromatic carbocycles. The second-order valence-corrected chi connectivity index (χ2v) is 11.5. The molecule has 11 heteroatoms. The van der Waals surface area contributed by atoms with Gasteiger partial charge in [-0.15, -0.1) is 0 Å². The lowest BCUT2D eigenvalue weighted by atomic mass is 10.1. The van der Waals surface area contributed by atoms with Crippen LogP contribution in [-0.4, -0.2) is 59.0 Å². The lowest BCUT2D eigenvalue weighted by molar-refractivity contribution is -0.139. The molecule has 0 radical (unpaired) electrons. The van der Waals surface area contributed by atoms with Gasteiger partial charge in [0, 0.05) is 13.6 Å². The molecule has 0 fully saturated rings. The van der Waals surface area contributed by atoms with Crippen molar-refractivity contribution in [3.8, 4) is 11.5 Å². The third-order valence-corrected chi connectivity index (χ3v) is 8.60. The molecule has 0 aliphatic rings. The average Bonchev–Trinajstić information content (AvgIpc) is 2.94. The van der Waals surface area contributed by atoms with E-state index in [9.17, 15) is 18.0 Å². The number of nitrogens with zero attached hydrogens (tertiary/aromatic N) is 2. The van der Waals surface area contributed by atoms with Crippen LogP contribution in [0.15, 0.2) is 76.1 Å². The van der Waals surface area contributed by atoms with Gasteiger partial charge in [-0.3, -0.25) is 13.9 Å². The Hall–Kier alpha value is -3.57. The highest BCUT2D eigenvalue weighted by Crippen LogP contribution is 2.31. The number of benzene rings is 3. The molecule has 0 aliphatic carbocycles. The Bertz CT molecular complexity index is 1430. The number of nitrogens with one attached hydrogen (secondary N) is 1. The summed E-state index contributed by atoms with van der Waals surface area (Å²) in [6.45, 7) is 3.03. The smallest absolute Gasteiger partial charge is 0.264 e. The van der Waals surface area contributed by atoms with Crippen LogP contribution >= 0.6 is 15.9 Å². The number of aryl methyl sites for hydroxylation is 1. The minimum atomic E-state index is -4.20. The highest BCUT2D eigenvalue weighted by Gasteiger charge is 2.32. The van der Waals surface area contributed by atoms with E-state index in [1.807, 2.05) is 13.0 Å². The number of ether oxygens (including phenoxy) is 2. The summed E-state index contributed by atoms with van der Waals surface area (Å²) in [5, 5.41) is 2.57. The van der Waals surface area contributed by atoms with Gasteiger partial charge in [0.2, 0.25) is 11.8 Å². The lowest BCUT2D eigenvalue weighted by Gasteiger charge is -2.32. The van der Waals surface area contributed by atoms with Crippen LogP contribution in [0.1, 0.15) is 18.1 Å². The van der Waals surface area contributed by atoms with Crippen LogP contribution in [0.3, 0.4) is 0 Å². The monoisotopic (exact) mass is 617 g/mol. The minimum absolute atomic E-state index is 0.0257. The number of carbonyl (C=O) groups is 2. The molecular formula is C28H32BrN3O6S. The minimum Gasteiger partial charge on any atom is -0.497 e. The van der Waals surface area contributed by atoms with Gasteiger partial charge in [-0.2, -0.15) is 0 Å². The van der Waals surface area contributed by atoms with Crippen LogP contribution in [0.2, 0.25) is 0 Å². The third-order valence-electron chi connectivity index (χ3n) is 6.21. The van der Waals surface area contributed by atoms with E-state index < -0.39 is 28.5 Å². The Morgan fingerprint density at radius 1 is 1.00 bits per heavy atom. The molecule has 1 N–H and O–H groups in total. The molecule has 0 bridgehead atoms. The topological polar surface area (TPSA) is 105 Å². The second-order valence-electron chi connectivity index (χ2n) is 8.81. The number of amides is 2. The molecule has 0 saturated carbocycles. The van der Waals surface area contributed by atoms with Gasteiger partial charge in [-0.05, 0) is 77.8 Å². The first-order valence-electron chi connectivity index (χ1n) is 12.1. The fraction of sp³-hybridized carbons (Fsp3) is 0.286. The summed E-state index contributed by atoms with van der Waals surface area (Å²) in [6.07, 6.45) is 0. The van der Waals surface area contributed by atoms with Crippen molar-refractivity contribution < 1.29 is 27.5 Å². The molecule has 3 rings (SSSR count). The lowest BCUT2D eigenvalue weighted by Crippen LogP contribution is -2.50.